The third-order valence-electron chi connectivity index (χ3n) is 7.13. The molecule has 0 aromatic carbocycles. The van der Waals surface area contributed by atoms with E-state index in [1.165, 1.54) is 19.3 Å². The van der Waals surface area contributed by atoms with Crippen LogP contribution in [0, 0.1) is 29.1 Å². The number of carbonyl (C=O) groups is 2. The van der Waals surface area contributed by atoms with Crippen molar-refractivity contribution in [2.45, 2.75) is 58.3 Å². The fourth-order valence-electron chi connectivity index (χ4n) is 6.27. The lowest BCUT2D eigenvalue weighted by Gasteiger charge is -2.55. The van der Waals surface area contributed by atoms with Gasteiger partial charge in [-0.25, -0.2) is 0 Å². The normalized spacial score (nSPS) is 39.5. The summed E-state index contributed by atoms with van der Waals surface area (Å²) in [5.74, 6) is 3.55. The van der Waals surface area contributed by atoms with Gasteiger partial charge in [0, 0.05) is 32.0 Å². The van der Waals surface area contributed by atoms with Gasteiger partial charge in [0.1, 0.15) is 0 Å². The lowest BCUT2D eigenvalue weighted by Crippen LogP contribution is -2.54. The fraction of sp³-hybridized carbons (Fsp3) is 0.895. The molecule has 0 atom stereocenters. The summed E-state index contributed by atoms with van der Waals surface area (Å²) in [7, 11) is 0. The van der Waals surface area contributed by atoms with E-state index in [1.54, 1.807) is 6.92 Å². The highest BCUT2D eigenvalue weighted by molar-refractivity contribution is 5.83. The largest absolute Gasteiger partial charge is 0.355 e. The van der Waals surface area contributed by atoms with Crippen LogP contribution in [0.5, 0.6) is 0 Å². The standard InChI is InChI=1S/C19H30N2O2/c1-13(22)21-4-2-14(3-5-21)12-20-18(23)19-9-15-6-16(10-19)8-17(7-15)11-19/h14-17H,2-12H2,1H3,(H,20,23). The average molecular weight is 318 g/mol. The van der Waals surface area contributed by atoms with E-state index in [-0.39, 0.29) is 11.3 Å². The zero-order valence-electron chi connectivity index (χ0n) is 14.4. The van der Waals surface area contributed by atoms with Crippen LogP contribution in [-0.4, -0.2) is 36.3 Å². The van der Waals surface area contributed by atoms with Crippen molar-refractivity contribution in [2.75, 3.05) is 19.6 Å². The molecule has 1 aliphatic heterocycles. The number of hydrogen-bond donors (Lipinski definition) is 1. The van der Waals surface area contributed by atoms with Gasteiger partial charge in [0.15, 0.2) is 0 Å². The molecule has 4 bridgehead atoms. The van der Waals surface area contributed by atoms with E-state index >= 15 is 0 Å². The first-order valence-corrected chi connectivity index (χ1v) is 9.58. The molecule has 5 fully saturated rings. The Morgan fingerprint density at radius 3 is 2.00 bits per heavy atom. The molecule has 23 heavy (non-hydrogen) atoms. The van der Waals surface area contributed by atoms with Gasteiger partial charge >= 0.3 is 0 Å². The molecule has 2 amide bonds. The summed E-state index contributed by atoms with van der Waals surface area (Å²) in [6, 6.07) is 0. The van der Waals surface area contributed by atoms with Gasteiger partial charge in [0.05, 0.1) is 0 Å². The van der Waals surface area contributed by atoms with Crippen LogP contribution in [0.15, 0.2) is 0 Å². The Morgan fingerprint density at radius 1 is 1.00 bits per heavy atom. The molecule has 4 saturated carbocycles. The van der Waals surface area contributed by atoms with Gasteiger partial charge in [-0.3, -0.25) is 9.59 Å². The molecule has 4 nitrogen and oxygen atoms in total. The third kappa shape index (κ3) is 2.89. The molecule has 5 aliphatic rings. The van der Waals surface area contributed by atoms with E-state index in [0.717, 1.165) is 69.5 Å². The second-order valence-electron chi connectivity index (χ2n) is 8.86. The number of hydrogen-bond acceptors (Lipinski definition) is 2. The highest BCUT2D eigenvalue weighted by Crippen LogP contribution is 2.60. The van der Waals surface area contributed by atoms with Crippen LogP contribution in [0.25, 0.3) is 0 Å². The lowest BCUT2D eigenvalue weighted by molar-refractivity contribution is -0.146. The highest BCUT2D eigenvalue weighted by Gasteiger charge is 2.54. The Labute approximate surface area is 139 Å². The minimum Gasteiger partial charge on any atom is -0.355 e. The maximum Gasteiger partial charge on any atom is 0.226 e. The van der Waals surface area contributed by atoms with Crippen molar-refractivity contribution < 1.29 is 9.59 Å². The second-order valence-corrected chi connectivity index (χ2v) is 8.86. The maximum absolute atomic E-state index is 12.9. The van der Waals surface area contributed by atoms with Crippen molar-refractivity contribution in [2.24, 2.45) is 29.1 Å². The zero-order chi connectivity index (χ0) is 16.0. The monoisotopic (exact) mass is 318 g/mol. The molecular formula is C19H30N2O2. The van der Waals surface area contributed by atoms with E-state index in [1.807, 2.05) is 4.90 Å². The summed E-state index contributed by atoms with van der Waals surface area (Å²) < 4.78 is 0. The van der Waals surface area contributed by atoms with Crippen LogP contribution in [0.4, 0.5) is 0 Å². The number of rotatable bonds is 3. The summed E-state index contributed by atoms with van der Waals surface area (Å²) in [5, 5.41) is 3.31. The van der Waals surface area contributed by atoms with E-state index in [4.69, 9.17) is 0 Å². The lowest BCUT2D eigenvalue weighted by atomic mass is 9.49. The minimum atomic E-state index is -0.0190. The number of carbonyl (C=O) groups excluding carboxylic acids is 2. The Balaban J connectivity index is 1.30. The van der Waals surface area contributed by atoms with E-state index in [9.17, 15) is 9.59 Å². The van der Waals surface area contributed by atoms with Crippen molar-refractivity contribution in [3.63, 3.8) is 0 Å². The molecular weight excluding hydrogens is 288 g/mol. The minimum absolute atomic E-state index is 0.0190. The first-order valence-electron chi connectivity index (χ1n) is 9.58. The number of amides is 2. The van der Waals surface area contributed by atoms with Gasteiger partial charge in [-0.2, -0.15) is 0 Å². The van der Waals surface area contributed by atoms with Crippen molar-refractivity contribution in [1.82, 2.24) is 10.2 Å². The molecule has 4 aliphatic carbocycles. The van der Waals surface area contributed by atoms with E-state index in [0.29, 0.717) is 11.8 Å². The number of piperidine rings is 1. The van der Waals surface area contributed by atoms with Crippen molar-refractivity contribution in [3.8, 4) is 0 Å². The van der Waals surface area contributed by atoms with Gasteiger partial charge in [0.2, 0.25) is 11.8 Å². The van der Waals surface area contributed by atoms with Gasteiger partial charge in [0.25, 0.3) is 0 Å². The molecule has 0 aromatic heterocycles. The Bertz CT molecular complexity index is 458. The molecule has 1 saturated heterocycles. The quantitative estimate of drug-likeness (QED) is 0.869. The molecule has 5 rings (SSSR count). The molecule has 0 radical (unpaired) electrons. The Kier molecular flexibility index (Phi) is 3.89. The first kappa shape index (κ1) is 15.5. The van der Waals surface area contributed by atoms with Gasteiger partial charge in [-0.05, 0) is 75.0 Å². The molecule has 0 unspecified atom stereocenters. The van der Waals surface area contributed by atoms with Gasteiger partial charge in [-0.1, -0.05) is 0 Å². The van der Waals surface area contributed by atoms with Crippen LogP contribution in [0.2, 0.25) is 0 Å². The maximum atomic E-state index is 12.9. The number of nitrogens with zero attached hydrogens (tertiary/aromatic N) is 1. The topological polar surface area (TPSA) is 49.4 Å². The Hall–Kier alpha value is -1.06. The van der Waals surface area contributed by atoms with E-state index in [2.05, 4.69) is 5.32 Å². The first-order chi connectivity index (χ1) is 11.0. The Morgan fingerprint density at radius 2 is 1.52 bits per heavy atom. The van der Waals surface area contributed by atoms with Crippen LogP contribution in [0.3, 0.4) is 0 Å². The summed E-state index contributed by atoms with van der Waals surface area (Å²) in [6.07, 6.45) is 9.65. The average Bonchev–Trinajstić information content (AvgIpc) is 2.51. The van der Waals surface area contributed by atoms with Crippen LogP contribution < -0.4 is 5.32 Å². The van der Waals surface area contributed by atoms with Gasteiger partial charge in [-0.15, -0.1) is 0 Å². The summed E-state index contributed by atoms with van der Waals surface area (Å²) in [6.45, 7) is 4.17. The fourth-order valence-corrected chi connectivity index (χ4v) is 6.27. The van der Waals surface area contributed by atoms with Gasteiger partial charge < -0.3 is 10.2 Å². The SMILES string of the molecule is CC(=O)N1CCC(CNC(=O)C23CC4CC(CC(C4)C2)C3)CC1. The molecule has 1 N–H and O–H groups in total. The second kappa shape index (κ2) is 5.78. The third-order valence-corrected chi connectivity index (χ3v) is 7.13. The number of nitrogens with one attached hydrogen (secondary N) is 1. The van der Waals surface area contributed by atoms with Crippen molar-refractivity contribution >= 4 is 11.8 Å². The van der Waals surface area contributed by atoms with Crippen LogP contribution in [0.1, 0.15) is 58.3 Å². The molecule has 0 spiro atoms. The van der Waals surface area contributed by atoms with Crippen molar-refractivity contribution in [1.29, 1.82) is 0 Å². The highest BCUT2D eigenvalue weighted by atomic mass is 16.2. The summed E-state index contributed by atoms with van der Waals surface area (Å²) in [5.41, 5.74) is -0.0190. The smallest absolute Gasteiger partial charge is 0.226 e. The molecule has 1 heterocycles. The van der Waals surface area contributed by atoms with Crippen molar-refractivity contribution in [3.05, 3.63) is 0 Å². The predicted molar refractivity (Wildman–Crippen MR) is 88.6 cm³/mol. The molecule has 128 valence electrons. The molecule has 4 heteroatoms. The zero-order valence-corrected chi connectivity index (χ0v) is 14.4. The predicted octanol–water partition coefficient (Wildman–Crippen LogP) is 2.58. The van der Waals surface area contributed by atoms with E-state index < -0.39 is 0 Å². The summed E-state index contributed by atoms with van der Waals surface area (Å²) in [4.78, 5) is 26.3. The van der Waals surface area contributed by atoms with Crippen LogP contribution in [-0.2, 0) is 9.59 Å². The molecule has 0 aromatic rings. The number of likely N-dealkylation sites (tertiary alicyclic amines) is 1. The van der Waals surface area contributed by atoms with Crippen LogP contribution >= 0.6 is 0 Å². The summed E-state index contributed by atoms with van der Waals surface area (Å²) >= 11 is 0.